The smallest absolute Gasteiger partial charge is 0.266 e. The zero-order valence-corrected chi connectivity index (χ0v) is 16.5. The number of nitrogens with zero attached hydrogens (tertiary/aromatic N) is 2. The Morgan fingerprint density at radius 3 is 2.71 bits per heavy atom. The molecule has 1 aliphatic heterocycles. The molecule has 1 aromatic heterocycles. The first-order chi connectivity index (χ1) is 13.5. The fourth-order valence-corrected chi connectivity index (χ4v) is 3.29. The predicted octanol–water partition coefficient (Wildman–Crippen LogP) is 4.22. The molecule has 0 saturated heterocycles. The van der Waals surface area contributed by atoms with Crippen LogP contribution in [0.1, 0.15) is 36.7 Å². The Bertz CT molecular complexity index is 951. The van der Waals surface area contributed by atoms with Crippen LogP contribution in [0.2, 0.25) is 0 Å². The summed E-state index contributed by atoms with van der Waals surface area (Å²) in [6, 6.07) is 9.25. The second-order valence-corrected chi connectivity index (χ2v) is 6.81. The molecule has 0 radical (unpaired) electrons. The average molecular weight is 379 g/mol. The van der Waals surface area contributed by atoms with E-state index in [1.54, 1.807) is 24.3 Å². The standard InChI is InChI=1S/C22H25N3O3/c1-4-8-25-15(2)11-17(16(25)3)12-18(14-23)22(26)24-19-6-7-20-21(13-19)28-10-5-9-27-20/h6-7,11-13H,4-5,8-10H2,1-3H3,(H,24,26). The number of nitriles is 1. The SMILES string of the molecule is CCCn1c(C)cc(C=C(C#N)C(=O)Nc2ccc3c(c2)OCCCO3)c1C. The molecule has 146 valence electrons. The van der Waals surface area contributed by atoms with E-state index in [2.05, 4.69) is 16.8 Å². The summed E-state index contributed by atoms with van der Waals surface area (Å²) in [4.78, 5) is 12.6. The number of rotatable bonds is 5. The van der Waals surface area contributed by atoms with Crippen LogP contribution in [0.15, 0.2) is 29.8 Å². The van der Waals surface area contributed by atoms with Gasteiger partial charge in [0.25, 0.3) is 5.91 Å². The molecule has 0 spiro atoms. The molecular weight excluding hydrogens is 354 g/mol. The summed E-state index contributed by atoms with van der Waals surface area (Å²) in [6.45, 7) is 8.25. The van der Waals surface area contributed by atoms with Gasteiger partial charge in [-0.3, -0.25) is 4.79 Å². The van der Waals surface area contributed by atoms with Gasteiger partial charge in [-0.1, -0.05) is 6.92 Å². The van der Waals surface area contributed by atoms with Crippen LogP contribution in [-0.4, -0.2) is 23.7 Å². The van der Waals surface area contributed by atoms with E-state index in [0.717, 1.165) is 36.3 Å². The van der Waals surface area contributed by atoms with E-state index in [1.165, 1.54) is 0 Å². The van der Waals surface area contributed by atoms with Crippen LogP contribution < -0.4 is 14.8 Å². The summed E-state index contributed by atoms with van der Waals surface area (Å²) in [6.07, 6.45) is 3.48. The average Bonchev–Trinajstić information content (AvgIpc) is 2.85. The van der Waals surface area contributed by atoms with Gasteiger partial charge in [-0.2, -0.15) is 5.26 Å². The highest BCUT2D eigenvalue weighted by Crippen LogP contribution is 2.32. The largest absolute Gasteiger partial charge is 0.490 e. The van der Waals surface area contributed by atoms with Crippen LogP contribution in [0.25, 0.3) is 6.08 Å². The fourth-order valence-electron chi connectivity index (χ4n) is 3.29. The number of hydrogen-bond acceptors (Lipinski definition) is 4. The van der Waals surface area contributed by atoms with Crippen molar-refractivity contribution in [2.45, 2.75) is 40.2 Å². The molecule has 6 nitrogen and oxygen atoms in total. The number of nitrogens with one attached hydrogen (secondary N) is 1. The molecule has 2 aromatic rings. The highest BCUT2D eigenvalue weighted by molar-refractivity contribution is 6.09. The first-order valence-electron chi connectivity index (χ1n) is 9.53. The van der Waals surface area contributed by atoms with Gasteiger partial charge in [0.05, 0.1) is 13.2 Å². The number of benzene rings is 1. The number of hydrogen-bond donors (Lipinski definition) is 1. The van der Waals surface area contributed by atoms with E-state index in [1.807, 2.05) is 26.0 Å². The number of amides is 1. The molecule has 0 atom stereocenters. The van der Waals surface area contributed by atoms with Crippen molar-refractivity contribution in [1.82, 2.24) is 4.57 Å². The summed E-state index contributed by atoms with van der Waals surface area (Å²) in [5.41, 5.74) is 3.67. The van der Waals surface area contributed by atoms with Crippen molar-refractivity contribution >= 4 is 17.7 Å². The van der Waals surface area contributed by atoms with Crippen LogP contribution in [0.3, 0.4) is 0 Å². The van der Waals surface area contributed by atoms with Gasteiger partial charge in [0, 0.05) is 36.1 Å². The number of anilines is 1. The minimum atomic E-state index is -0.447. The van der Waals surface area contributed by atoms with Crippen LogP contribution >= 0.6 is 0 Å². The van der Waals surface area contributed by atoms with E-state index in [9.17, 15) is 10.1 Å². The highest BCUT2D eigenvalue weighted by atomic mass is 16.5. The number of ether oxygens (including phenoxy) is 2. The van der Waals surface area contributed by atoms with E-state index < -0.39 is 5.91 Å². The molecule has 6 heteroatoms. The molecule has 0 unspecified atom stereocenters. The highest BCUT2D eigenvalue weighted by Gasteiger charge is 2.15. The zero-order valence-electron chi connectivity index (χ0n) is 16.5. The molecule has 2 heterocycles. The lowest BCUT2D eigenvalue weighted by atomic mass is 10.1. The predicted molar refractivity (Wildman–Crippen MR) is 108 cm³/mol. The zero-order chi connectivity index (χ0) is 20.1. The quantitative estimate of drug-likeness (QED) is 0.623. The molecule has 1 aromatic carbocycles. The Kier molecular flexibility index (Phi) is 6.05. The normalized spacial score (nSPS) is 13.6. The molecule has 3 rings (SSSR count). The molecule has 0 aliphatic carbocycles. The summed E-state index contributed by atoms with van der Waals surface area (Å²) in [5.74, 6) is 0.813. The number of aromatic nitrogens is 1. The summed E-state index contributed by atoms with van der Waals surface area (Å²) >= 11 is 0. The Labute approximate surface area is 165 Å². The molecule has 1 N–H and O–H groups in total. The second-order valence-electron chi connectivity index (χ2n) is 6.81. The second kappa shape index (κ2) is 8.66. The summed E-state index contributed by atoms with van der Waals surface area (Å²) in [7, 11) is 0. The lowest BCUT2D eigenvalue weighted by molar-refractivity contribution is -0.112. The van der Waals surface area contributed by atoms with E-state index in [-0.39, 0.29) is 5.57 Å². The van der Waals surface area contributed by atoms with Crippen LogP contribution in [0.4, 0.5) is 5.69 Å². The van der Waals surface area contributed by atoms with Crippen molar-refractivity contribution in [2.75, 3.05) is 18.5 Å². The molecule has 0 saturated carbocycles. The van der Waals surface area contributed by atoms with Crippen LogP contribution in [0.5, 0.6) is 11.5 Å². The first kappa shape index (κ1) is 19.6. The van der Waals surface area contributed by atoms with Crippen molar-refractivity contribution in [2.24, 2.45) is 0 Å². The third-order valence-corrected chi connectivity index (χ3v) is 4.73. The topological polar surface area (TPSA) is 76.3 Å². The Morgan fingerprint density at radius 2 is 2.00 bits per heavy atom. The van der Waals surface area contributed by atoms with Crippen molar-refractivity contribution in [3.05, 3.63) is 46.8 Å². The number of carbonyl (C=O) groups is 1. The third-order valence-electron chi connectivity index (χ3n) is 4.73. The van der Waals surface area contributed by atoms with Crippen LogP contribution in [0, 0.1) is 25.2 Å². The molecule has 0 fully saturated rings. The molecular formula is C22H25N3O3. The first-order valence-corrected chi connectivity index (χ1v) is 9.53. The Hall–Kier alpha value is -3.20. The van der Waals surface area contributed by atoms with Crippen molar-refractivity contribution in [3.63, 3.8) is 0 Å². The number of carbonyl (C=O) groups excluding carboxylic acids is 1. The minimum absolute atomic E-state index is 0.0591. The van der Waals surface area contributed by atoms with E-state index >= 15 is 0 Å². The van der Waals surface area contributed by atoms with Gasteiger partial charge in [0.2, 0.25) is 0 Å². The summed E-state index contributed by atoms with van der Waals surface area (Å²) in [5, 5.41) is 12.3. The van der Waals surface area contributed by atoms with Crippen molar-refractivity contribution < 1.29 is 14.3 Å². The fraction of sp³-hybridized carbons (Fsp3) is 0.364. The van der Waals surface area contributed by atoms with Crippen LogP contribution in [-0.2, 0) is 11.3 Å². The van der Waals surface area contributed by atoms with Gasteiger partial charge in [-0.25, -0.2) is 0 Å². The third kappa shape index (κ3) is 4.20. The number of fused-ring (bicyclic) bond motifs is 1. The minimum Gasteiger partial charge on any atom is -0.490 e. The molecule has 1 amide bonds. The van der Waals surface area contributed by atoms with E-state index in [0.29, 0.717) is 30.4 Å². The summed E-state index contributed by atoms with van der Waals surface area (Å²) < 4.78 is 13.4. The number of aryl methyl sites for hydroxylation is 1. The van der Waals surface area contributed by atoms with Gasteiger partial charge >= 0.3 is 0 Å². The van der Waals surface area contributed by atoms with Gasteiger partial charge in [-0.15, -0.1) is 0 Å². The Balaban J connectivity index is 1.81. The van der Waals surface area contributed by atoms with Crippen molar-refractivity contribution in [3.8, 4) is 17.6 Å². The monoisotopic (exact) mass is 379 g/mol. The van der Waals surface area contributed by atoms with Gasteiger partial charge in [0.1, 0.15) is 11.6 Å². The maximum Gasteiger partial charge on any atom is 0.266 e. The maximum atomic E-state index is 12.6. The Morgan fingerprint density at radius 1 is 1.25 bits per heavy atom. The molecule has 0 bridgehead atoms. The maximum absolute atomic E-state index is 12.6. The lowest BCUT2D eigenvalue weighted by Crippen LogP contribution is -2.13. The van der Waals surface area contributed by atoms with Gasteiger partial charge in [-0.05, 0) is 50.1 Å². The van der Waals surface area contributed by atoms with E-state index in [4.69, 9.17) is 9.47 Å². The molecule has 28 heavy (non-hydrogen) atoms. The lowest BCUT2D eigenvalue weighted by Gasteiger charge is -2.10. The van der Waals surface area contributed by atoms with Crippen molar-refractivity contribution in [1.29, 1.82) is 5.26 Å². The van der Waals surface area contributed by atoms with Gasteiger partial charge in [0.15, 0.2) is 11.5 Å². The molecule has 1 aliphatic rings. The van der Waals surface area contributed by atoms with Gasteiger partial charge < -0.3 is 19.4 Å².